The molecule has 5 rings (SSSR count). The molecule has 4 aliphatic rings. The number of aromatic nitrogens is 1. The second kappa shape index (κ2) is 5.03. The Bertz CT molecular complexity index is 438. The van der Waals surface area contributed by atoms with Crippen molar-refractivity contribution in [3.8, 4) is 0 Å². The highest BCUT2D eigenvalue weighted by Gasteiger charge is 2.53. The van der Waals surface area contributed by atoms with Gasteiger partial charge in [0.05, 0.1) is 0 Å². The molecule has 4 fully saturated rings. The lowest BCUT2D eigenvalue weighted by Crippen LogP contribution is -2.55. The van der Waals surface area contributed by atoms with Crippen LogP contribution in [0.1, 0.15) is 38.5 Å². The molecule has 1 unspecified atom stereocenters. The maximum absolute atomic E-state index is 6.68. The van der Waals surface area contributed by atoms with Crippen molar-refractivity contribution < 1.29 is 0 Å². The number of rotatable bonds is 4. The van der Waals surface area contributed by atoms with E-state index in [1.54, 1.807) is 0 Å². The molecular formula is C17H24N2S. The molecule has 0 amide bonds. The van der Waals surface area contributed by atoms with E-state index < -0.39 is 0 Å². The monoisotopic (exact) mass is 288 g/mol. The van der Waals surface area contributed by atoms with E-state index in [1.165, 1.54) is 43.4 Å². The van der Waals surface area contributed by atoms with Gasteiger partial charge >= 0.3 is 0 Å². The van der Waals surface area contributed by atoms with Gasteiger partial charge in [-0.3, -0.25) is 4.98 Å². The van der Waals surface area contributed by atoms with Crippen LogP contribution in [0.2, 0.25) is 0 Å². The summed E-state index contributed by atoms with van der Waals surface area (Å²) in [4.78, 5) is 5.39. The maximum Gasteiger partial charge on any atom is 0.0278 e. The molecule has 0 saturated heterocycles. The zero-order valence-electron chi connectivity index (χ0n) is 12.0. The van der Waals surface area contributed by atoms with Crippen LogP contribution in [0.4, 0.5) is 0 Å². The van der Waals surface area contributed by atoms with Gasteiger partial charge in [0.1, 0.15) is 0 Å². The summed E-state index contributed by atoms with van der Waals surface area (Å²) in [6.45, 7) is 0. The molecule has 0 aromatic carbocycles. The summed E-state index contributed by atoms with van der Waals surface area (Å²) in [5.41, 5.74) is 7.17. The third kappa shape index (κ3) is 2.29. The molecule has 0 spiro atoms. The Labute approximate surface area is 125 Å². The van der Waals surface area contributed by atoms with Crippen LogP contribution in [0.25, 0.3) is 0 Å². The number of nitrogens with zero attached hydrogens (tertiary/aromatic N) is 1. The quantitative estimate of drug-likeness (QED) is 0.858. The predicted molar refractivity (Wildman–Crippen MR) is 83.5 cm³/mol. The Kier molecular flexibility index (Phi) is 3.30. The number of pyridine rings is 1. The summed E-state index contributed by atoms with van der Waals surface area (Å²) in [5.74, 6) is 4.06. The van der Waals surface area contributed by atoms with Crippen molar-refractivity contribution >= 4 is 11.8 Å². The zero-order chi connectivity index (χ0) is 13.6. The molecule has 3 heteroatoms. The van der Waals surface area contributed by atoms with Gasteiger partial charge in [-0.25, -0.2) is 0 Å². The van der Waals surface area contributed by atoms with Crippen molar-refractivity contribution in [1.82, 2.24) is 4.98 Å². The van der Waals surface area contributed by atoms with Gasteiger partial charge in [-0.05, 0) is 73.8 Å². The van der Waals surface area contributed by atoms with Crippen molar-refractivity contribution in [2.45, 2.75) is 49.5 Å². The lowest BCUT2D eigenvalue weighted by molar-refractivity contribution is -0.0629. The predicted octanol–water partition coefficient (Wildman–Crippen LogP) is 3.72. The van der Waals surface area contributed by atoms with Crippen molar-refractivity contribution in [3.05, 3.63) is 24.5 Å². The van der Waals surface area contributed by atoms with Crippen LogP contribution in [0.15, 0.2) is 29.4 Å². The second-order valence-corrected chi connectivity index (χ2v) is 8.47. The Morgan fingerprint density at radius 2 is 1.65 bits per heavy atom. The van der Waals surface area contributed by atoms with E-state index >= 15 is 0 Å². The largest absolute Gasteiger partial charge is 0.326 e. The molecular weight excluding hydrogens is 264 g/mol. The molecule has 0 radical (unpaired) electrons. The minimum absolute atomic E-state index is 0.370. The van der Waals surface area contributed by atoms with E-state index in [2.05, 4.69) is 17.1 Å². The number of nitrogens with two attached hydrogens (primary N) is 1. The van der Waals surface area contributed by atoms with E-state index in [4.69, 9.17) is 5.73 Å². The van der Waals surface area contributed by atoms with Crippen LogP contribution >= 0.6 is 11.8 Å². The van der Waals surface area contributed by atoms with Gasteiger partial charge in [0.15, 0.2) is 0 Å². The fourth-order valence-corrected chi connectivity index (χ4v) is 6.47. The van der Waals surface area contributed by atoms with Crippen LogP contribution < -0.4 is 5.73 Å². The summed E-state index contributed by atoms with van der Waals surface area (Å²) in [5, 5.41) is 0. The molecule has 1 aromatic rings. The first-order valence-electron chi connectivity index (χ1n) is 8.02. The van der Waals surface area contributed by atoms with Crippen LogP contribution in [0, 0.1) is 23.2 Å². The number of thioether (sulfide) groups is 1. The Morgan fingerprint density at radius 3 is 2.20 bits per heavy atom. The molecule has 1 heterocycles. The van der Waals surface area contributed by atoms with Gasteiger partial charge in [0, 0.05) is 29.1 Å². The third-order valence-electron chi connectivity index (χ3n) is 5.95. The van der Waals surface area contributed by atoms with Crippen molar-refractivity contribution in [2.75, 3.05) is 5.75 Å². The minimum Gasteiger partial charge on any atom is -0.326 e. The van der Waals surface area contributed by atoms with Crippen molar-refractivity contribution in [1.29, 1.82) is 0 Å². The zero-order valence-corrected chi connectivity index (χ0v) is 12.8. The molecule has 1 aromatic heterocycles. The highest BCUT2D eigenvalue weighted by Crippen LogP contribution is 2.61. The van der Waals surface area contributed by atoms with Gasteiger partial charge < -0.3 is 5.73 Å². The van der Waals surface area contributed by atoms with E-state index in [-0.39, 0.29) is 0 Å². The normalized spacial score (nSPS) is 40.0. The van der Waals surface area contributed by atoms with Crippen LogP contribution in [-0.2, 0) is 0 Å². The van der Waals surface area contributed by atoms with Gasteiger partial charge in [0.25, 0.3) is 0 Å². The first kappa shape index (κ1) is 13.1. The lowest BCUT2D eigenvalue weighted by Gasteiger charge is -2.59. The van der Waals surface area contributed by atoms with Crippen molar-refractivity contribution in [3.63, 3.8) is 0 Å². The minimum atomic E-state index is 0.370. The van der Waals surface area contributed by atoms with Gasteiger partial charge in [0.2, 0.25) is 0 Å². The lowest BCUT2D eigenvalue weighted by atomic mass is 9.48. The standard InChI is InChI=1S/C17H24N2S/c18-16(11-20-15-1-3-19-4-2-15)17-8-12-5-13(9-17)7-14(6-12)10-17/h1-4,12-14,16H,5-11,18H2. The van der Waals surface area contributed by atoms with Gasteiger partial charge in [-0.2, -0.15) is 0 Å². The first-order valence-corrected chi connectivity index (χ1v) is 9.00. The topological polar surface area (TPSA) is 38.9 Å². The molecule has 20 heavy (non-hydrogen) atoms. The number of hydrogen-bond acceptors (Lipinski definition) is 3. The molecule has 1 atom stereocenters. The SMILES string of the molecule is NC(CSc1ccncc1)C12CC3CC(CC(C3)C1)C2. The highest BCUT2D eigenvalue weighted by atomic mass is 32.2. The fraction of sp³-hybridized carbons (Fsp3) is 0.706. The Morgan fingerprint density at radius 1 is 1.10 bits per heavy atom. The molecule has 2 nitrogen and oxygen atoms in total. The highest BCUT2D eigenvalue weighted by molar-refractivity contribution is 7.99. The summed E-state index contributed by atoms with van der Waals surface area (Å²) >= 11 is 1.91. The second-order valence-electron chi connectivity index (χ2n) is 7.38. The molecule has 108 valence electrons. The smallest absolute Gasteiger partial charge is 0.0278 e. The average molecular weight is 288 g/mol. The third-order valence-corrected chi connectivity index (χ3v) is 7.08. The Hall–Kier alpha value is -0.540. The van der Waals surface area contributed by atoms with Gasteiger partial charge in [-0.1, -0.05) is 0 Å². The van der Waals surface area contributed by atoms with E-state index in [1.807, 2.05) is 24.2 Å². The van der Waals surface area contributed by atoms with Crippen molar-refractivity contribution in [2.24, 2.45) is 28.9 Å². The van der Waals surface area contributed by atoms with Crippen LogP contribution in [0.5, 0.6) is 0 Å². The molecule has 0 aliphatic heterocycles. The van der Waals surface area contributed by atoms with E-state index in [9.17, 15) is 0 Å². The molecule has 2 N–H and O–H groups in total. The molecule has 4 aliphatic carbocycles. The average Bonchev–Trinajstić information content (AvgIpc) is 2.44. The first-order chi connectivity index (χ1) is 9.73. The summed E-state index contributed by atoms with van der Waals surface area (Å²) in [6, 6.07) is 4.56. The summed E-state index contributed by atoms with van der Waals surface area (Å²) < 4.78 is 0. The molecule has 4 bridgehead atoms. The Balaban J connectivity index is 1.44. The van der Waals surface area contributed by atoms with E-state index in [0.29, 0.717) is 11.5 Å². The van der Waals surface area contributed by atoms with E-state index in [0.717, 1.165) is 23.5 Å². The fourth-order valence-electron chi connectivity index (χ4n) is 5.43. The molecule has 4 saturated carbocycles. The summed E-state index contributed by atoms with van der Waals surface area (Å²) in [6.07, 6.45) is 12.5. The van der Waals surface area contributed by atoms with Crippen LogP contribution in [0.3, 0.4) is 0 Å². The van der Waals surface area contributed by atoms with Crippen LogP contribution in [-0.4, -0.2) is 16.8 Å². The number of hydrogen-bond donors (Lipinski definition) is 1. The van der Waals surface area contributed by atoms with Gasteiger partial charge in [-0.15, -0.1) is 11.8 Å². The maximum atomic E-state index is 6.68. The summed E-state index contributed by atoms with van der Waals surface area (Å²) in [7, 11) is 0.